The Morgan fingerprint density at radius 2 is 1.78 bits per heavy atom. The highest BCUT2D eigenvalue weighted by molar-refractivity contribution is 7.89. The van der Waals surface area contributed by atoms with Gasteiger partial charge in [-0.15, -0.1) is 0 Å². The van der Waals surface area contributed by atoms with Crippen LogP contribution in [-0.4, -0.2) is 35.8 Å². The molecular formula is C8H9N7O2S. The van der Waals surface area contributed by atoms with Gasteiger partial charge >= 0.3 is 0 Å². The molecule has 94 valence electrons. The number of hydrogen-bond acceptors (Lipinski definition) is 8. The summed E-state index contributed by atoms with van der Waals surface area (Å²) in [6, 6.07) is 3.35. The Kier molecular flexibility index (Phi) is 4.51. The van der Waals surface area contributed by atoms with Crippen LogP contribution in [0.2, 0.25) is 0 Å². The van der Waals surface area contributed by atoms with Crippen LogP contribution in [0.15, 0.2) is 17.3 Å². The lowest BCUT2D eigenvalue weighted by Crippen LogP contribution is -2.32. The number of aromatic nitrogens is 2. The van der Waals surface area contributed by atoms with Crippen molar-refractivity contribution in [3.05, 3.63) is 12.4 Å². The summed E-state index contributed by atoms with van der Waals surface area (Å²) in [7, 11) is -3.96. The van der Waals surface area contributed by atoms with Gasteiger partial charge in [0.15, 0.2) is 0 Å². The summed E-state index contributed by atoms with van der Waals surface area (Å²) in [4.78, 5) is 7.08. The summed E-state index contributed by atoms with van der Waals surface area (Å²) in [5, 5.41) is 17.1. The van der Waals surface area contributed by atoms with Crippen LogP contribution in [0.1, 0.15) is 0 Å². The highest BCUT2D eigenvalue weighted by Gasteiger charge is 2.24. The number of sulfonamides is 1. The van der Waals surface area contributed by atoms with Gasteiger partial charge in [-0.25, -0.2) is 24.2 Å². The highest BCUT2D eigenvalue weighted by atomic mass is 32.2. The summed E-state index contributed by atoms with van der Waals surface area (Å²) < 4.78 is 24.7. The Balaban J connectivity index is 3.11. The van der Waals surface area contributed by atoms with Crippen molar-refractivity contribution < 1.29 is 8.42 Å². The van der Waals surface area contributed by atoms with Gasteiger partial charge in [-0.05, 0) is 0 Å². The van der Waals surface area contributed by atoms with Gasteiger partial charge in [0.1, 0.15) is 18.0 Å². The maximum Gasteiger partial charge on any atom is 0.248 e. The maximum absolute atomic E-state index is 12.0. The van der Waals surface area contributed by atoms with Gasteiger partial charge in [0.25, 0.3) is 0 Å². The van der Waals surface area contributed by atoms with E-state index in [9.17, 15) is 8.42 Å². The third-order valence-corrected chi connectivity index (χ3v) is 3.63. The Morgan fingerprint density at radius 1 is 1.28 bits per heavy atom. The average molecular weight is 267 g/mol. The van der Waals surface area contributed by atoms with E-state index in [1.807, 2.05) is 0 Å². The second-order valence-corrected chi connectivity index (χ2v) is 4.91. The van der Waals surface area contributed by atoms with E-state index >= 15 is 0 Å². The zero-order chi connectivity index (χ0) is 13.6. The van der Waals surface area contributed by atoms with E-state index < -0.39 is 23.1 Å². The second kappa shape index (κ2) is 5.88. The molecule has 0 aliphatic heterocycles. The first kappa shape index (κ1) is 13.8. The van der Waals surface area contributed by atoms with E-state index in [1.165, 1.54) is 0 Å². The van der Waals surface area contributed by atoms with E-state index in [2.05, 4.69) is 15.4 Å². The first-order chi connectivity index (χ1) is 8.56. The van der Waals surface area contributed by atoms with E-state index in [1.54, 1.807) is 12.1 Å². The zero-order valence-corrected chi connectivity index (χ0v) is 9.92. The van der Waals surface area contributed by atoms with Crippen LogP contribution in [0.3, 0.4) is 0 Å². The molecule has 0 aromatic carbocycles. The summed E-state index contributed by atoms with van der Waals surface area (Å²) in [5.74, 6) is 5.10. The number of nitrogens with one attached hydrogen (secondary N) is 1. The van der Waals surface area contributed by atoms with Crippen LogP contribution in [0, 0.1) is 22.7 Å². The van der Waals surface area contributed by atoms with Crippen molar-refractivity contribution >= 4 is 16.0 Å². The Labute approximate surface area is 103 Å². The number of nitriles is 2. The molecule has 0 amide bonds. The molecule has 0 unspecified atom stereocenters. The number of nitrogens with two attached hydrogens (primary N) is 1. The third kappa shape index (κ3) is 2.89. The summed E-state index contributed by atoms with van der Waals surface area (Å²) in [6.45, 7) is -0.848. The molecule has 0 spiro atoms. The summed E-state index contributed by atoms with van der Waals surface area (Å²) >= 11 is 0. The molecule has 1 aromatic heterocycles. The van der Waals surface area contributed by atoms with E-state index in [4.69, 9.17) is 16.4 Å². The average Bonchev–Trinajstić information content (AvgIpc) is 2.38. The lowest BCUT2D eigenvalue weighted by molar-refractivity contribution is 0.479. The first-order valence-electron chi connectivity index (χ1n) is 4.59. The lowest BCUT2D eigenvalue weighted by atomic mass is 10.6. The minimum absolute atomic E-state index is 0.0565. The molecule has 1 heterocycles. The van der Waals surface area contributed by atoms with Crippen molar-refractivity contribution in [2.45, 2.75) is 4.90 Å². The molecule has 10 heteroatoms. The number of rotatable bonds is 5. The van der Waals surface area contributed by atoms with Crippen molar-refractivity contribution in [1.82, 2.24) is 14.3 Å². The normalized spacial score (nSPS) is 10.7. The van der Waals surface area contributed by atoms with Crippen LogP contribution in [0.5, 0.6) is 0 Å². The van der Waals surface area contributed by atoms with Crippen LogP contribution < -0.4 is 11.3 Å². The summed E-state index contributed by atoms with van der Waals surface area (Å²) in [5.41, 5.74) is 2.15. The van der Waals surface area contributed by atoms with Gasteiger partial charge in [0.2, 0.25) is 16.0 Å². The van der Waals surface area contributed by atoms with Crippen molar-refractivity contribution in [2.24, 2.45) is 5.84 Å². The molecule has 18 heavy (non-hydrogen) atoms. The predicted molar refractivity (Wildman–Crippen MR) is 59.8 cm³/mol. The van der Waals surface area contributed by atoms with Crippen molar-refractivity contribution in [1.29, 1.82) is 10.5 Å². The third-order valence-electron chi connectivity index (χ3n) is 1.89. The monoisotopic (exact) mass is 267 g/mol. The number of nitrogens with zero attached hydrogens (tertiary/aromatic N) is 5. The van der Waals surface area contributed by atoms with E-state index in [0.29, 0.717) is 0 Å². The van der Waals surface area contributed by atoms with Gasteiger partial charge in [0, 0.05) is 0 Å². The van der Waals surface area contributed by atoms with Gasteiger partial charge in [-0.1, -0.05) is 0 Å². The molecule has 0 saturated heterocycles. The molecule has 0 atom stereocenters. The molecule has 1 aromatic rings. The zero-order valence-electron chi connectivity index (χ0n) is 9.11. The maximum atomic E-state index is 12.0. The minimum Gasteiger partial charge on any atom is -0.292 e. The fourth-order valence-corrected chi connectivity index (χ4v) is 2.18. The molecule has 0 aliphatic carbocycles. The number of nitrogen functional groups attached to an aromatic ring is 1. The van der Waals surface area contributed by atoms with Gasteiger partial charge in [-0.3, -0.25) is 5.43 Å². The standard InChI is InChI=1S/C8H9N7O2S/c9-1-3-15(4-2-10)18(16,17)7-5-12-8(14-11)13-6-7/h5-6H,3-4,11H2,(H,12,13,14). The molecule has 0 aliphatic rings. The SMILES string of the molecule is N#CCN(CC#N)S(=O)(=O)c1cnc(NN)nc1. The predicted octanol–water partition coefficient (Wildman–Crippen LogP) is -1.20. The van der Waals surface area contributed by atoms with Gasteiger partial charge in [-0.2, -0.15) is 14.8 Å². The number of anilines is 1. The van der Waals surface area contributed by atoms with Crippen LogP contribution in [0.25, 0.3) is 0 Å². The van der Waals surface area contributed by atoms with Crippen LogP contribution >= 0.6 is 0 Å². The Hall–Kier alpha value is -2.27. The van der Waals surface area contributed by atoms with E-state index in [-0.39, 0.29) is 10.8 Å². The van der Waals surface area contributed by atoms with Crippen LogP contribution in [0.4, 0.5) is 5.95 Å². The largest absolute Gasteiger partial charge is 0.292 e. The summed E-state index contributed by atoms with van der Waals surface area (Å²) in [6.07, 6.45) is 2.08. The van der Waals surface area contributed by atoms with Crippen molar-refractivity contribution in [3.8, 4) is 12.1 Å². The molecule has 0 radical (unpaired) electrons. The Morgan fingerprint density at radius 3 is 2.17 bits per heavy atom. The topological polar surface area (TPSA) is 149 Å². The van der Waals surface area contributed by atoms with E-state index in [0.717, 1.165) is 16.7 Å². The second-order valence-electron chi connectivity index (χ2n) is 2.98. The number of hydrazine groups is 1. The molecule has 9 nitrogen and oxygen atoms in total. The van der Waals surface area contributed by atoms with Crippen molar-refractivity contribution in [2.75, 3.05) is 18.5 Å². The van der Waals surface area contributed by atoms with Gasteiger partial charge < -0.3 is 0 Å². The minimum atomic E-state index is -3.96. The quantitative estimate of drug-likeness (QED) is 0.383. The Bertz CT molecular complexity index is 567. The molecule has 3 N–H and O–H groups in total. The highest BCUT2D eigenvalue weighted by Crippen LogP contribution is 2.13. The molecule has 0 fully saturated rings. The molecule has 0 saturated carbocycles. The lowest BCUT2D eigenvalue weighted by Gasteiger charge is -2.15. The van der Waals surface area contributed by atoms with Gasteiger partial charge in [0.05, 0.1) is 24.5 Å². The van der Waals surface area contributed by atoms with Crippen molar-refractivity contribution in [3.63, 3.8) is 0 Å². The molecular weight excluding hydrogens is 258 g/mol. The molecule has 1 rings (SSSR count). The molecule has 0 bridgehead atoms. The van der Waals surface area contributed by atoms with Crippen LogP contribution in [-0.2, 0) is 10.0 Å². The first-order valence-corrected chi connectivity index (χ1v) is 6.03. The smallest absolute Gasteiger partial charge is 0.248 e. The fourth-order valence-electron chi connectivity index (χ4n) is 1.06. The fraction of sp³-hybridized carbons (Fsp3) is 0.250. The number of hydrogen-bond donors (Lipinski definition) is 2.